The SMILES string of the molecule is CN=C(NCCc1ccc(NC(C)=O)cc1)NCc1ccc(F)c(C)c1.I. The lowest BCUT2D eigenvalue weighted by Crippen LogP contribution is -2.37. The van der Waals surface area contributed by atoms with Gasteiger partial charge in [-0.2, -0.15) is 0 Å². The summed E-state index contributed by atoms with van der Waals surface area (Å²) >= 11 is 0. The van der Waals surface area contributed by atoms with Crippen LogP contribution < -0.4 is 16.0 Å². The summed E-state index contributed by atoms with van der Waals surface area (Å²) in [6.45, 7) is 4.54. The lowest BCUT2D eigenvalue weighted by molar-refractivity contribution is -0.114. The van der Waals surface area contributed by atoms with Gasteiger partial charge in [0, 0.05) is 32.7 Å². The fraction of sp³-hybridized carbons (Fsp3) is 0.300. The van der Waals surface area contributed by atoms with E-state index in [1.165, 1.54) is 13.0 Å². The molecule has 5 nitrogen and oxygen atoms in total. The molecular weight excluding hydrogens is 458 g/mol. The third-order valence-corrected chi connectivity index (χ3v) is 3.89. The molecule has 0 heterocycles. The second-order valence-electron chi connectivity index (χ2n) is 6.06. The van der Waals surface area contributed by atoms with E-state index in [4.69, 9.17) is 0 Å². The maximum atomic E-state index is 13.3. The predicted octanol–water partition coefficient (Wildman–Crippen LogP) is 3.62. The molecule has 0 radical (unpaired) electrons. The number of hydrogen-bond donors (Lipinski definition) is 3. The van der Waals surface area contributed by atoms with Crippen molar-refractivity contribution in [1.82, 2.24) is 10.6 Å². The van der Waals surface area contributed by atoms with Crippen LogP contribution in [-0.2, 0) is 17.8 Å². The van der Waals surface area contributed by atoms with E-state index in [-0.39, 0.29) is 35.7 Å². The van der Waals surface area contributed by atoms with E-state index < -0.39 is 0 Å². The molecule has 2 aromatic rings. The summed E-state index contributed by atoms with van der Waals surface area (Å²) in [4.78, 5) is 15.2. The summed E-state index contributed by atoms with van der Waals surface area (Å²) in [6.07, 6.45) is 0.830. The summed E-state index contributed by atoms with van der Waals surface area (Å²) in [5, 5.41) is 9.22. The Kier molecular flexibility index (Phi) is 9.77. The zero-order valence-corrected chi connectivity index (χ0v) is 18.1. The van der Waals surface area contributed by atoms with Gasteiger partial charge in [-0.1, -0.05) is 24.3 Å². The van der Waals surface area contributed by atoms with Crippen molar-refractivity contribution >= 4 is 41.5 Å². The standard InChI is InChI=1S/C20H25FN4O.HI/c1-14-12-17(6-9-19(14)21)13-24-20(22-3)23-11-10-16-4-7-18(8-5-16)25-15(2)26;/h4-9,12H,10-11,13H2,1-3H3,(H,25,26)(H2,22,23,24);1H. The van der Waals surface area contributed by atoms with Gasteiger partial charge in [-0.05, 0) is 48.2 Å². The van der Waals surface area contributed by atoms with Gasteiger partial charge in [0.25, 0.3) is 0 Å². The number of rotatable bonds is 6. The third-order valence-electron chi connectivity index (χ3n) is 3.89. The minimum absolute atomic E-state index is 0. The number of aliphatic imine (C=N–C) groups is 1. The number of nitrogens with zero attached hydrogens (tertiary/aromatic N) is 1. The molecule has 0 unspecified atom stereocenters. The van der Waals surface area contributed by atoms with Crippen LogP contribution in [0.4, 0.5) is 10.1 Å². The first-order valence-electron chi connectivity index (χ1n) is 8.54. The molecule has 0 fully saturated rings. The third kappa shape index (κ3) is 7.94. The quantitative estimate of drug-likeness (QED) is 0.334. The van der Waals surface area contributed by atoms with E-state index in [9.17, 15) is 9.18 Å². The zero-order chi connectivity index (χ0) is 18.9. The molecule has 0 aliphatic rings. The van der Waals surface area contributed by atoms with Crippen LogP contribution in [0.2, 0.25) is 0 Å². The Balaban J connectivity index is 0.00000364. The number of carbonyl (C=O) groups excluding carboxylic acids is 1. The number of halogens is 2. The Bertz CT molecular complexity index is 778. The molecule has 0 aliphatic heterocycles. The number of benzene rings is 2. The highest BCUT2D eigenvalue weighted by atomic mass is 127. The molecule has 3 N–H and O–H groups in total. The maximum absolute atomic E-state index is 13.3. The summed E-state index contributed by atoms with van der Waals surface area (Å²) in [5.41, 5.74) is 3.59. The number of anilines is 1. The van der Waals surface area contributed by atoms with Crippen molar-refractivity contribution < 1.29 is 9.18 Å². The minimum Gasteiger partial charge on any atom is -0.356 e. The molecule has 0 bridgehead atoms. The molecule has 7 heteroatoms. The average molecular weight is 484 g/mol. The van der Waals surface area contributed by atoms with Crippen molar-refractivity contribution in [2.75, 3.05) is 18.9 Å². The van der Waals surface area contributed by atoms with E-state index in [1.807, 2.05) is 30.3 Å². The summed E-state index contributed by atoms with van der Waals surface area (Å²) in [7, 11) is 1.72. The van der Waals surface area contributed by atoms with Gasteiger partial charge in [0.15, 0.2) is 5.96 Å². The van der Waals surface area contributed by atoms with Crippen LogP contribution in [0.5, 0.6) is 0 Å². The van der Waals surface area contributed by atoms with Crippen LogP contribution in [0.15, 0.2) is 47.5 Å². The zero-order valence-electron chi connectivity index (χ0n) is 15.8. The van der Waals surface area contributed by atoms with Crippen LogP contribution in [0.25, 0.3) is 0 Å². The summed E-state index contributed by atoms with van der Waals surface area (Å²) < 4.78 is 13.3. The van der Waals surface area contributed by atoms with Crippen molar-refractivity contribution in [3.8, 4) is 0 Å². The minimum atomic E-state index is -0.194. The molecule has 1 amide bonds. The van der Waals surface area contributed by atoms with Gasteiger partial charge in [-0.3, -0.25) is 9.79 Å². The van der Waals surface area contributed by atoms with Crippen molar-refractivity contribution in [2.24, 2.45) is 4.99 Å². The first-order chi connectivity index (χ1) is 12.5. The molecule has 0 saturated carbocycles. The summed E-state index contributed by atoms with van der Waals surface area (Å²) in [6, 6.07) is 12.8. The number of carbonyl (C=O) groups is 1. The van der Waals surface area contributed by atoms with Gasteiger partial charge < -0.3 is 16.0 Å². The number of guanidine groups is 1. The van der Waals surface area contributed by atoms with E-state index >= 15 is 0 Å². The van der Waals surface area contributed by atoms with Crippen molar-refractivity contribution in [2.45, 2.75) is 26.8 Å². The van der Waals surface area contributed by atoms with Gasteiger partial charge in [-0.25, -0.2) is 4.39 Å². The number of amides is 1. The fourth-order valence-corrected chi connectivity index (χ4v) is 2.51. The van der Waals surface area contributed by atoms with Gasteiger partial charge in [-0.15, -0.1) is 24.0 Å². The highest BCUT2D eigenvalue weighted by Crippen LogP contribution is 2.10. The molecule has 0 aromatic heterocycles. The van der Waals surface area contributed by atoms with Crippen molar-refractivity contribution in [3.63, 3.8) is 0 Å². The second kappa shape index (κ2) is 11.5. The van der Waals surface area contributed by atoms with Gasteiger partial charge >= 0.3 is 0 Å². The second-order valence-corrected chi connectivity index (χ2v) is 6.06. The van der Waals surface area contributed by atoms with Crippen LogP contribution in [0.1, 0.15) is 23.6 Å². The monoisotopic (exact) mass is 484 g/mol. The van der Waals surface area contributed by atoms with Gasteiger partial charge in [0.1, 0.15) is 5.82 Å². The lowest BCUT2D eigenvalue weighted by Gasteiger charge is -2.12. The highest BCUT2D eigenvalue weighted by Gasteiger charge is 2.02. The lowest BCUT2D eigenvalue weighted by atomic mass is 10.1. The molecule has 0 aliphatic carbocycles. The smallest absolute Gasteiger partial charge is 0.221 e. The van der Waals surface area contributed by atoms with E-state index in [2.05, 4.69) is 20.9 Å². The van der Waals surface area contributed by atoms with Crippen LogP contribution in [-0.4, -0.2) is 25.5 Å². The predicted molar refractivity (Wildman–Crippen MR) is 119 cm³/mol. The molecule has 146 valence electrons. The van der Waals surface area contributed by atoms with Gasteiger partial charge in [0.05, 0.1) is 0 Å². The van der Waals surface area contributed by atoms with E-state index in [0.717, 1.165) is 29.8 Å². The van der Waals surface area contributed by atoms with Crippen molar-refractivity contribution in [3.05, 3.63) is 65.0 Å². The summed E-state index contributed by atoms with van der Waals surface area (Å²) in [5.74, 6) is 0.424. The Hall–Kier alpha value is -2.16. The Morgan fingerprint density at radius 3 is 2.33 bits per heavy atom. The molecule has 27 heavy (non-hydrogen) atoms. The molecule has 0 saturated heterocycles. The maximum Gasteiger partial charge on any atom is 0.221 e. The van der Waals surface area contributed by atoms with Crippen LogP contribution in [0, 0.1) is 12.7 Å². The normalized spacial score (nSPS) is 10.7. The molecule has 0 atom stereocenters. The van der Waals surface area contributed by atoms with E-state index in [0.29, 0.717) is 18.1 Å². The van der Waals surface area contributed by atoms with Crippen molar-refractivity contribution in [1.29, 1.82) is 0 Å². The Labute approximate surface area is 176 Å². The van der Waals surface area contributed by atoms with Gasteiger partial charge in [0.2, 0.25) is 5.91 Å². The van der Waals surface area contributed by atoms with Crippen LogP contribution in [0.3, 0.4) is 0 Å². The molecule has 0 spiro atoms. The fourth-order valence-electron chi connectivity index (χ4n) is 2.51. The molecule has 2 rings (SSSR count). The first kappa shape index (κ1) is 22.9. The Morgan fingerprint density at radius 2 is 1.74 bits per heavy atom. The molecular formula is C20H26FIN4O. The number of aryl methyl sites for hydroxylation is 1. The van der Waals surface area contributed by atoms with Crippen LogP contribution >= 0.6 is 24.0 Å². The number of hydrogen-bond acceptors (Lipinski definition) is 2. The Morgan fingerprint density at radius 1 is 1.07 bits per heavy atom. The average Bonchev–Trinajstić information content (AvgIpc) is 2.61. The first-order valence-corrected chi connectivity index (χ1v) is 8.54. The highest BCUT2D eigenvalue weighted by molar-refractivity contribution is 14.0. The number of nitrogens with one attached hydrogen (secondary N) is 3. The molecule has 2 aromatic carbocycles. The largest absolute Gasteiger partial charge is 0.356 e. The van der Waals surface area contributed by atoms with E-state index in [1.54, 1.807) is 20.0 Å². The topological polar surface area (TPSA) is 65.5 Å².